The molecule has 5 rings (SSSR count). The van der Waals surface area contributed by atoms with Gasteiger partial charge in [0.2, 0.25) is 16.0 Å². The molecule has 9 nitrogen and oxygen atoms in total. The smallest absolute Gasteiger partial charge is 0.232 e. The fraction of sp³-hybridized carbons (Fsp3) is 0.308. The van der Waals surface area contributed by atoms with Gasteiger partial charge < -0.3 is 20.5 Å². The van der Waals surface area contributed by atoms with Gasteiger partial charge in [-0.1, -0.05) is 0 Å². The van der Waals surface area contributed by atoms with E-state index in [4.69, 9.17) is 5.73 Å². The number of rotatable bonds is 7. The summed E-state index contributed by atoms with van der Waals surface area (Å²) in [5.74, 6) is -0.0122. The molecule has 0 bridgehead atoms. The number of anilines is 4. The summed E-state index contributed by atoms with van der Waals surface area (Å²) in [5.41, 5.74) is 9.62. The Morgan fingerprint density at radius 1 is 1.14 bits per heavy atom. The summed E-state index contributed by atoms with van der Waals surface area (Å²) < 4.78 is 41.3. The van der Waals surface area contributed by atoms with Crippen molar-refractivity contribution in [2.24, 2.45) is 5.73 Å². The van der Waals surface area contributed by atoms with Gasteiger partial charge in [-0.2, -0.15) is 4.98 Å². The van der Waals surface area contributed by atoms with Crippen LogP contribution in [0.3, 0.4) is 0 Å². The largest absolute Gasteiger partial charge is 0.371 e. The Balaban J connectivity index is 1.37. The van der Waals surface area contributed by atoms with Crippen LogP contribution in [0.1, 0.15) is 18.4 Å². The van der Waals surface area contributed by atoms with Gasteiger partial charge >= 0.3 is 0 Å². The molecule has 0 spiro atoms. The van der Waals surface area contributed by atoms with Crippen LogP contribution < -0.4 is 20.3 Å². The molecule has 2 aromatic carbocycles. The molecular weight excluding hydrogens is 493 g/mol. The van der Waals surface area contributed by atoms with Crippen LogP contribution in [0.5, 0.6) is 0 Å². The lowest BCUT2D eigenvalue weighted by atomic mass is 10.1. The summed E-state index contributed by atoms with van der Waals surface area (Å²) in [6, 6.07) is 14.4. The Labute approximate surface area is 215 Å². The van der Waals surface area contributed by atoms with Crippen LogP contribution in [-0.4, -0.2) is 55.4 Å². The van der Waals surface area contributed by atoms with Gasteiger partial charge in [0.1, 0.15) is 11.5 Å². The second kappa shape index (κ2) is 9.98. The minimum absolute atomic E-state index is 0.237. The topological polar surface area (TPSA) is 109 Å². The highest BCUT2D eigenvalue weighted by Crippen LogP contribution is 2.27. The summed E-state index contributed by atoms with van der Waals surface area (Å²) in [5, 5.41) is 4.07. The number of halogens is 1. The standard InChI is InChI=1S/C26H30FN7O2S/c1-32(37(2,35)36)24-8-3-20(27)15-19(24)17-34-12-9-18-16-29-26(31-25(18)34)30-22-4-6-23(7-5-22)33-13-10-21(28)11-14-33/h3-9,12,15-16,21H,10-11,13-14,17,28H2,1-2H3,(H,29,30,31). The number of benzene rings is 2. The summed E-state index contributed by atoms with van der Waals surface area (Å²) >= 11 is 0. The van der Waals surface area contributed by atoms with Gasteiger partial charge in [-0.15, -0.1) is 0 Å². The van der Waals surface area contributed by atoms with E-state index in [1.54, 1.807) is 6.20 Å². The Kier molecular flexibility index (Phi) is 6.74. The van der Waals surface area contributed by atoms with Crippen LogP contribution in [0.2, 0.25) is 0 Å². The molecule has 11 heteroatoms. The first-order chi connectivity index (χ1) is 17.7. The summed E-state index contributed by atoms with van der Waals surface area (Å²) in [6.45, 7) is 2.15. The highest BCUT2D eigenvalue weighted by Gasteiger charge is 2.18. The molecule has 0 unspecified atom stereocenters. The third-order valence-electron chi connectivity index (χ3n) is 6.75. The molecular formula is C26H30FN7O2S. The molecule has 1 saturated heterocycles. The molecule has 1 aliphatic heterocycles. The van der Waals surface area contributed by atoms with Crippen molar-refractivity contribution in [3.8, 4) is 0 Å². The van der Waals surface area contributed by atoms with Crippen LogP contribution in [0.25, 0.3) is 11.0 Å². The highest BCUT2D eigenvalue weighted by atomic mass is 32.2. The van der Waals surface area contributed by atoms with Crippen molar-refractivity contribution >= 4 is 44.1 Å². The van der Waals surface area contributed by atoms with Gasteiger partial charge in [-0.3, -0.25) is 4.31 Å². The minimum Gasteiger partial charge on any atom is -0.371 e. The van der Waals surface area contributed by atoms with E-state index in [9.17, 15) is 12.8 Å². The predicted molar refractivity (Wildman–Crippen MR) is 145 cm³/mol. The second-order valence-electron chi connectivity index (χ2n) is 9.42. The lowest BCUT2D eigenvalue weighted by Crippen LogP contribution is -2.39. The van der Waals surface area contributed by atoms with Crippen LogP contribution in [0, 0.1) is 5.82 Å². The number of nitrogens with two attached hydrogens (primary N) is 1. The zero-order valence-electron chi connectivity index (χ0n) is 20.8. The number of nitrogens with zero attached hydrogens (tertiary/aromatic N) is 5. The first-order valence-electron chi connectivity index (χ1n) is 12.1. The molecule has 0 aliphatic carbocycles. The molecule has 3 N–H and O–H groups in total. The average molecular weight is 524 g/mol. The molecule has 0 amide bonds. The van der Waals surface area contributed by atoms with Crippen LogP contribution >= 0.6 is 0 Å². The van der Waals surface area contributed by atoms with Gasteiger partial charge in [0.05, 0.1) is 18.5 Å². The maximum atomic E-state index is 14.1. The zero-order valence-corrected chi connectivity index (χ0v) is 21.6. The van der Waals surface area contributed by atoms with Crippen LogP contribution in [0.4, 0.5) is 27.4 Å². The van der Waals surface area contributed by atoms with E-state index < -0.39 is 15.8 Å². The van der Waals surface area contributed by atoms with E-state index in [0.29, 0.717) is 22.8 Å². The van der Waals surface area contributed by atoms with E-state index in [1.807, 2.05) is 29.0 Å². The third kappa shape index (κ3) is 5.52. The van der Waals surface area contributed by atoms with Crippen LogP contribution in [-0.2, 0) is 16.6 Å². The number of hydrogen-bond donors (Lipinski definition) is 2. The van der Waals surface area contributed by atoms with E-state index in [0.717, 1.165) is 53.3 Å². The monoisotopic (exact) mass is 523 g/mol. The van der Waals surface area contributed by atoms with Crippen molar-refractivity contribution < 1.29 is 12.8 Å². The van der Waals surface area contributed by atoms with Crippen molar-refractivity contribution in [1.82, 2.24) is 14.5 Å². The molecule has 4 aromatic rings. The predicted octanol–water partition coefficient (Wildman–Crippen LogP) is 3.69. The van der Waals surface area contributed by atoms with Crippen molar-refractivity contribution in [3.05, 3.63) is 72.3 Å². The van der Waals surface area contributed by atoms with E-state index >= 15 is 0 Å². The SMILES string of the molecule is CN(c1ccc(F)cc1Cn1ccc2cnc(Nc3ccc(N4CCC(N)CC4)cc3)nc21)S(C)(=O)=O. The zero-order chi connectivity index (χ0) is 26.2. The number of sulfonamides is 1. The van der Waals surface area contributed by atoms with Crippen molar-refractivity contribution in [2.45, 2.75) is 25.4 Å². The molecule has 0 radical (unpaired) electrons. The van der Waals surface area contributed by atoms with Crippen molar-refractivity contribution in [3.63, 3.8) is 0 Å². The number of fused-ring (bicyclic) bond motifs is 1. The Hall–Kier alpha value is -3.70. The molecule has 37 heavy (non-hydrogen) atoms. The van der Waals surface area contributed by atoms with Gasteiger partial charge in [-0.25, -0.2) is 17.8 Å². The second-order valence-corrected chi connectivity index (χ2v) is 11.4. The minimum atomic E-state index is -3.51. The Morgan fingerprint density at radius 2 is 1.86 bits per heavy atom. The van der Waals surface area contributed by atoms with Crippen molar-refractivity contribution in [1.29, 1.82) is 0 Å². The number of piperidine rings is 1. The summed E-state index contributed by atoms with van der Waals surface area (Å²) in [7, 11) is -2.06. The Bertz CT molecular complexity index is 1510. The third-order valence-corrected chi connectivity index (χ3v) is 7.94. The molecule has 0 saturated carbocycles. The van der Waals surface area contributed by atoms with Crippen molar-refractivity contribution in [2.75, 3.05) is 40.9 Å². The maximum Gasteiger partial charge on any atom is 0.232 e. The fourth-order valence-corrected chi connectivity index (χ4v) is 5.09. The summed E-state index contributed by atoms with van der Waals surface area (Å²) in [4.78, 5) is 11.4. The number of nitrogens with one attached hydrogen (secondary N) is 1. The van der Waals surface area contributed by atoms with E-state index in [-0.39, 0.29) is 12.6 Å². The van der Waals surface area contributed by atoms with E-state index in [1.165, 1.54) is 25.2 Å². The molecule has 194 valence electrons. The normalized spacial score (nSPS) is 14.8. The molecule has 0 atom stereocenters. The van der Waals surface area contributed by atoms with Crippen LogP contribution in [0.15, 0.2) is 60.9 Å². The number of aromatic nitrogens is 3. The molecule has 3 heterocycles. The Morgan fingerprint density at radius 3 is 2.57 bits per heavy atom. The quantitative estimate of drug-likeness (QED) is 0.380. The first kappa shape index (κ1) is 25.0. The fourth-order valence-electron chi connectivity index (χ4n) is 4.55. The van der Waals surface area contributed by atoms with Gasteiger partial charge in [-0.05, 0) is 66.9 Å². The molecule has 2 aromatic heterocycles. The van der Waals surface area contributed by atoms with Gasteiger partial charge in [0.15, 0.2) is 0 Å². The summed E-state index contributed by atoms with van der Waals surface area (Å²) in [6.07, 6.45) is 6.66. The van der Waals surface area contributed by atoms with Gasteiger partial charge in [0, 0.05) is 55.3 Å². The molecule has 1 fully saturated rings. The van der Waals surface area contributed by atoms with E-state index in [2.05, 4.69) is 32.3 Å². The number of hydrogen-bond acceptors (Lipinski definition) is 7. The lowest BCUT2D eigenvalue weighted by Gasteiger charge is -2.32. The first-order valence-corrected chi connectivity index (χ1v) is 13.9. The lowest BCUT2D eigenvalue weighted by molar-refractivity contribution is 0.501. The highest BCUT2D eigenvalue weighted by molar-refractivity contribution is 7.92. The van der Waals surface area contributed by atoms with Gasteiger partial charge in [0.25, 0.3) is 0 Å². The average Bonchev–Trinajstić information content (AvgIpc) is 3.26. The molecule has 1 aliphatic rings. The maximum absolute atomic E-state index is 14.1.